The molecule has 3 N–H and O–H groups in total. The van der Waals surface area contributed by atoms with Gasteiger partial charge in [-0.15, -0.1) is 0 Å². The van der Waals surface area contributed by atoms with E-state index < -0.39 is 6.10 Å². The van der Waals surface area contributed by atoms with Gasteiger partial charge in [0.2, 0.25) is 0 Å². The second-order valence-corrected chi connectivity index (χ2v) is 8.72. The molecule has 2 aromatic heterocycles. The van der Waals surface area contributed by atoms with Gasteiger partial charge < -0.3 is 20.0 Å². The van der Waals surface area contributed by atoms with Crippen LogP contribution in [-0.4, -0.2) is 49.8 Å². The summed E-state index contributed by atoms with van der Waals surface area (Å²) in [7, 11) is 0. The molecule has 0 saturated carbocycles. The van der Waals surface area contributed by atoms with E-state index in [2.05, 4.69) is 15.0 Å². The van der Waals surface area contributed by atoms with Crippen LogP contribution in [0.3, 0.4) is 0 Å². The van der Waals surface area contributed by atoms with Crippen molar-refractivity contribution >= 4 is 11.0 Å². The number of halogens is 1. The Hall–Kier alpha value is -2.62. The van der Waals surface area contributed by atoms with Gasteiger partial charge in [-0.25, -0.2) is 9.37 Å². The molecule has 1 saturated heterocycles. The summed E-state index contributed by atoms with van der Waals surface area (Å²) in [5, 5.41) is 15.3. The normalized spacial score (nSPS) is 19.7. The molecule has 1 aromatic carbocycles. The average Bonchev–Trinajstić information content (AvgIpc) is 3.18. The quantitative estimate of drug-likeness (QED) is 0.660. The second kappa shape index (κ2) is 9.09. The zero-order valence-corrected chi connectivity index (χ0v) is 18.2. The van der Waals surface area contributed by atoms with E-state index in [1.807, 2.05) is 6.92 Å². The summed E-state index contributed by atoms with van der Waals surface area (Å²) in [6.45, 7) is 5.13. The molecule has 8 nitrogen and oxygen atoms in total. The molecule has 0 amide bonds. The van der Waals surface area contributed by atoms with Crippen LogP contribution in [0.25, 0.3) is 11.0 Å². The lowest BCUT2D eigenvalue weighted by Crippen LogP contribution is -2.37. The third kappa shape index (κ3) is 4.07. The lowest BCUT2D eigenvalue weighted by molar-refractivity contribution is 0.129. The first-order valence-electron chi connectivity index (χ1n) is 11.1. The maximum absolute atomic E-state index is 13.4. The molecule has 5 rings (SSSR count). The van der Waals surface area contributed by atoms with Gasteiger partial charge in [-0.2, -0.15) is 0 Å². The highest BCUT2D eigenvalue weighted by atomic mass is 19.1. The SMILES string of the molecule is Cc1nc2n(c(=O)c1CCN1CCC(c3noc4cc(F)ccc34)CC1)CCC[C@H]2O.O. The van der Waals surface area contributed by atoms with Crippen molar-refractivity contribution < 1.29 is 19.5 Å². The predicted molar refractivity (Wildman–Crippen MR) is 117 cm³/mol. The number of rotatable bonds is 4. The molecule has 0 bridgehead atoms. The molecule has 4 heterocycles. The Morgan fingerprint density at radius 1 is 1.22 bits per heavy atom. The fourth-order valence-corrected chi connectivity index (χ4v) is 4.98. The van der Waals surface area contributed by atoms with E-state index in [1.54, 1.807) is 10.6 Å². The number of fused-ring (bicyclic) bond motifs is 2. The number of aliphatic hydroxyl groups is 1. The smallest absolute Gasteiger partial charge is 0.257 e. The zero-order valence-electron chi connectivity index (χ0n) is 18.2. The summed E-state index contributed by atoms with van der Waals surface area (Å²) < 4.78 is 20.4. The van der Waals surface area contributed by atoms with Gasteiger partial charge in [0.25, 0.3) is 5.56 Å². The van der Waals surface area contributed by atoms with E-state index in [0.717, 1.165) is 61.2 Å². The van der Waals surface area contributed by atoms with E-state index in [0.29, 0.717) is 36.7 Å². The second-order valence-electron chi connectivity index (χ2n) is 8.72. The first-order chi connectivity index (χ1) is 15.0. The highest BCUT2D eigenvalue weighted by Crippen LogP contribution is 2.32. The van der Waals surface area contributed by atoms with Gasteiger partial charge in [0.1, 0.15) is 17.7 Å². The van der Waals surface area contributed by atoms with E-state index in [4.69, 9.17) is 4.52 Å². The third-order valence-corrected chi connectivity index (χ3v) is 6.77. The number of hydrogen-bond donors (Lipinski definition) is 1. The molecule has 2 aliphatic heterocycles. The summed E-state index contributed by atoms with van der Waals surface area (Å²) in [5.74, 6) is 0.489. The van der Waals surface area contributed by atoms with Crippen LogP contribution in [0.2, 0.25) is 0 Å². The Labute approximate surface area is 185 Å². The first-order valence-corrected chi connectivity index (χ1v) is 11.1. The number of hydrogen-bond acceptors (Lipinski definition) is 6. The van der Waals surface area contributed by atoms with Gasteiger partial charge in [-0.1, -0.05) is 5.16 Å². The van der Waals surface area contributed by atoms with Crippen LogP contribution < -0.4 is 5.56 Å². The number of likely N-dealkylation sites (tertiary alicyclic amines) is 1. The van der Waals surface area contributed by atoms with E-state index in [-0.39, 0.29) is 16.9 Å². The highest BCUT2D eigenvalue weighted by molar-refractivity contribution is 5.79. The molecule has 172 valence electrons. The van der Waals surface area contributed by atoms with Gasteiger partial charge in [0.05, 0.1) is 5.69 Å². The minimum absolute atomic E-state index is 0. The van der Waals surface area contributed by atoms with Gasteiger partial charge in [-0.05, 0) is 64.3 Å². The number of benzene rings is 1. The summed E-state index contributed by atoms with van der Waals surface area (Å²) in [6, 6.07) is 4.58. The van der Waals surface area contributed by atoms with Crippen molar-refractivity contribution in [3.05, 3.63) is 57.1 Å². The van der Waals surface area contributed by atoms with Crippen LogP contribution in [0.5, 0.6) is 0 Å². The van der Waals surface area contributed by atoms with E-state index >= 15 is 0 Å². The third-order valence-electron chi connectivity index (χ3n) is 6.77. The maximum atomic E-state index is 13.4. The van der Waals surface area contributed by atoms with Crippen LogP contribution in [0.1, 0.15) is 60.5 Å². The Bertz CT molecular complexity index is 1170. The molecule has 1 fully saturated rings. The Morgan fingerprint density at radius 3 is 2.78 bits per heavy atom. The van der Waals surface area contributed by atoms with Crippen molar-refractivity contribution in [2.75, 3.05) is 19.6 Å². The minimum Gasteiger partial charge on any atom is -0.412 e. The van der Waals surface area contributed by atoms with Gasteiger partial charge in [0.15, 0.2) is 5.58 Å². The molecular weight excluding hydrogens is 415 g/mol. The standard InChI is InChI=1S/C23H27FN4O3.H2O/c1-14-17(23(30)28-9-2-3-19(29)22(28)25-14)8-12-27-10-6-15(7-11-27)21-18-5-4-16(24)13-20(18)31-26-21;/h4-5,13,15,19,29H,2-3,6-12H2,1H3;1H2/t19-;/m1./s1. The number of aromatic nitrogens is 3. The minimum atomic E-state index is -0.641. The van der Waals surface area contributed by atoms with Crippen molar-refractivity contribution in [3.63, 3.8) is 0 Å². The highest BCUT2D eigenvalue weighted by Gasteiger charge is 2.26. The van der Waals surface area contributed by atoms with Crippen molar-refractivity contribution in [2.24, 2.45) is 0 Å². The molecule has 32 heavy (non-hydrogen) atoms. The summed E-state index contributed by atoms with van der Waals surface area (Å²) in [6.07, 6.45) is 3.38. The van der Waals surface area contributed by atoms with E-state index in [1.165, 1.54) is 12.1 Å². The number of piperidine rings is 1. The number of aryl methyl sites for hydroxylation is 1. The van der Waals surface area contributed by atoms with Gasteiger partial charge >= 0.3 is 0 Å². The molecule has 0 unspecified atom stereocenters. The number of nitrogens with zero attached hydrogens (tertiary/aromatic N) is 4. The number of aliphatic hydroxyl groups excluding tert-OH is 1. The zero-order chi connectivity index (χ0) is 21.5. The van der Waals surface area contributed by atoms with Gasteiger partial charge in [0, 0.05) is 41.7 Å². The molecule has 0 spiro atoms. The predicted octanol–water partition coefficient (Wildman–Crippen LogP) is 2.26. The van der Waals surface area contributed by atoms with Crippen LogP contribution >= 0.6 is 0 Å². The summed E-state index contributed by atoms with van der Waals surface area (Å²) >= 11 is 0. The lowest BCUT2D eigenvalue weighted by atomic mass is 9.91. The fourth-order valence-electron chi connectivity index (χ4n) is 4.98. The van der Waals surface area contributed by atoms with Crippen molar-refractivity contribution in [3.8, 4) is 0 Å². The molecular formula is C23H29FN4O4. The average molecular weight is 445 g/mol. The first kappa shape index (κ1) is 22.6. The van der Waals surface area contributed by atoms with E-state index in [9.17, 15) is 14.3 Å². The van der Waals surface area contributed by atoms with Crippen LogP contribution in [0.4, 0.5) is 4.39 Å². The Balaban J connectivity index is 0.00000245. The molecule has 2 aliphatic rings. The topological polar surface area (TPSA) is 116 Å². The van der Waals surface area contributed by atoms with Gasteiger partial charge in [-0.3, -0.25) is 9.36 Å². The molecule has 3 aromatic rings. The fraction of sp³-hybridized carbons (Fsp3) is 0.522. The molecule has 9 heteroatoms. The van der Waals surface area contributed by atoms with Crippen molar-refractivity contribution in [1.29, 1.82) is 0 Å². The molecule has 1 atom stereocenters. The van der Waals surface area contributed by atoms with Crippen LogP contribution in [-0.2, 0) is 13.0 Å². The maximum Gasteiger partial charge on any atom is 0.257 e. The lowest BCUT2D eigenvalue weighted by Gasteiger charge is -2.31. The summed E-state index contributed by atoms with van der Waals surface area (Å²) in [4.78, 5) is 19.9. The van der Waals surface area contributed by atoms with Crippen molar-refractivity contribution in [1.82, 2.24) is 19.6 Å². The Morgan fingerprint density at radius 2 is 2.00 bits per heavy atom. The largest absolute Gasteiger partial charge is 0.412 e. The van der Waals surface area contributed by atoms with Crippen molar-refractivity contribution in [2.45, 2.75) is 57.6 Å². The summed E-state index contributed by atoms with van der Waals surface area (Å²) in [5.41, 5.74) is 2.90. The Kier molecular flexibility index (Phi) is 6.41. The van der Waals surface area contributed by atoms with Crippen LogP contribution in [0, 0.1) is 12.7 Å². The monoisotopic (exact) mass is 444 g/mol. The molecule has 0 aliphatic carbocycles. The molecule has 0 radical (unpaired) electrons. The van der Waals surface area contributed by atoms with Crippen LogP contribution in [0.15, 0.2) is 27.5 Å².